The molecule has 0 bridgehead atoms. The predicted molar refractivity (Wildman–Crippen MR) is 184 cm³/mol. The number of halogens is 1. The Morgan fingerprint density at radius 2 is 1.48 bits per heavy atom. The monoisotopic (exact) mass is 671 g/mol. The van der Waals surface area contributed by atoms with Crippen LogP contribution in [0.4, 0.5) is 16.2 Å². The van der Waals surface area contributed by atoms with Crippen molar-refractivity contribution in [2.24, 2.45) is 0 Å². The van der Waals surface area contributed by atoms with Gasteiger partial charge in [0.05, 0.1) is 67.9 Å². The maximum atomic E-state index is 14.0. The number of amides is 3. The number of methoxy groups -OCH3 is 2. The zero-order valence-electron chi connectivity index (χ0n) is 26.8. The number of nitrogens with one attached hydrogen (secondary N) is 2. The van der Waals surface area contributed by atoms with Gasteiger partial charge in [0.2, 0.25) is 5.91 Å². The number of nitrogens with zero attached hydrogens (tertiary/aromatic N) is 1. The zero-order valence-corrected chi connectivity index (χ0v) is 27.6. The van der Waals surface area contributed by atoms with Crippen LogP contribution in [0.3, 0.4) is 0 Å². The third kappa shape index (κ3) is 9.05. The number of hydrogen-bond donors (Lipinski definition) is 2. The first-order chi connectivity index (χ1) is 23.3. The molecule has 1 heterocycles. The summed E-state index contributed by atoms with van der Waals surface area (Å²) in [5.41, 5.74) is 3.13. The molecule has 3 amide bonds. The van der Waals surface area contributed by atoms with Crippen LogP contribution in [0.2, 0.25) is 5.02 Å². The van der Waals surface area contributed by atoms with Crippen LogP contribution in [0.1, 0.15) is 34.3 Å². The molecule has 48 heavy (non-hydrogen) atoms. The minimum atomic E-state index is -0.483. The summed E-state index contributed by atoms with van der Waals surface area (Å²) in [6, 6.07) is 28.0. The lowest BCUT2D eigenvalue weighted by Gasteiger charge is -2.30. The second-order valence-corrected chi connectivity index (χ2v) is 11.7. The molecule has 2 atom stereocenters. The van der Waals surface area contributed by atoms with Gasteiger partial charge < -0.3 is 34.5 Å². The van der Waals surface area contributed by atoms with Crippen molar-refractivity contribution >= 4 is 40.9 Å². The smallest absolute Gasteiger partial charge is 0.337 e. The SMILES string of the molecule is COC(=O)c1ccc(OCC2CCC(COCc3ccccc3)N2C(=O)Cc2ccc(NC(=O)Nc3ccccc3Cl)c(OC)c2)cc1. The van der Waals surface area contributed by atoms with E-state index in [0.717, 1.165) is 24.0 Å². The van der Waals surface area contributed by atoms with Gasteiger partial charge in [-0.25, -0.2) is 9.59 Å². The molecule has 1 aliphatic heterocycles. The second kappa shape index (κ2) is 16.7. The number of hydrogen-bond acceptors (Lipinski definition) is 7. The Morgan fingerprint density at radius 1 is 0.792 bits per heavy atom. The summed E-state index contributed by atoms with van der Waals surface area (Å²) < 4.78 is 22.5. The van der Waals surface area contributed by atoms with Crippen molar-refractivity contribution in [1.29, 1.82) is 0 Å². The zero-order chi connectivity index (χ0) is 33.9. The molecule has 4 aromatic carbocycles. The van der Waals surface area contributed by atoms with E-state index < -0.39 is 12.0 Å². The Hall–Kier alpha value is -5.06. The molecular weight excluding hydrogens is 634 g/mol. The number of carbonyl (C=O) groups excluding carboxylic acids is 3. The quantitative estimate of drug-likeness (QED) is 0.147. The van der Waals surface area contributed by atoms with E-state index in [2.05, 4.69) is 10.6 Å². The molecule has 1 fully saturated rings. The molecule has 1 aliphatic rings. The van der Waals surface area contributed by atoms with E-state index in [0.29, 0.717) is 46.7 Å². The normalized spacial score (nSPS) is 15.4. The van der Waals surface area contributed by atoms with E-state index in [1.807, 2.05) is 35.2 Å². The fourth-order valence-electron chi connectivity index (χ4n) is 5.63. The Kier molecular flexibility index (Phi) is 11.9. The Labute approximate surface area is 284 Å². The molecule has 0 spiro atoms. The number of esters is 1. The third-order valence-corrected chi connectivity index (χ3v) is 8.37. The highest BCUT2D eigenvalue weighted by Gasteiger charge is 2.37. The lowest BCUT2D eigenvalue weighted by atomic mass is 10.1. The highest BCUT2D eigenvalue weighted by atomic mass is 35.5. The minimum Gasteiger partial charge on any atom is -0.495 e. The number of anilines is 2. The average Bonchev–Trinajstić information content (AvgIpc) is 3.52. The van der Waals surface area contributed by atoms with E-state index in [9.17, 15) is 14.4 Å². The summed E-state index contributed by atoms with van der Waals surface area (Å²) in [6.45, 7) is 1.12. The van der Waals surface area contributed by atoms with Crippen LogP contribution in [0.15, 0.2) is 97.1 Å². The van der Waals surface area contributed by atoms with E-state index in [1.54, 1.807) is 66.7 Å². The van der Waals surface area contributed by atoms with Crippen molar-refractivity contribution in [1.82, 2.24) is 4.90 Å². The number of likely N-dealkylation sites (tertiary alicyclic amines) is 1. The molecule has 250 valence electrons. The van der Waals surface area contributed by atoms with Crippen LogP contribution >= 0.6 is 11.6 Å². The van der Waals surface area contributed by atoms with Crippen molar-refractivity contribution in [3.8, 4) is 11.5 Å². The van der Waals surface area contributed by atoms with Gasteiger partial charge in [0.25, 0.3) is 0 Å². The van der Waals surface area contributed by atoms with Gasteiger partial charge >= 0.3 is 12.0 Å². The first kappa shape index (κ1) is 34.3. The number of ether oxygens (including phenoxy) is 4. The van der Waals surface area contributed by atoms with E-state index in [1.165, 1.54) is 14.2 Å². The van der Waals surface area contributed by atoms with Crippen molar-refractivity contribution in [3.05, 3.63) is 119 Å². The van der Waals surface area contributed by atoms with Gasteiger partial charge in [-0.15, -0.1) is 0 Å². The number of para-hydroxylation sites is 1. The first-order valence-electron chi connectivity index (χ1n) is 15.6. The van der Waals surface area contributed by atoms with Crippen LogP contribution in [-0.2, 0) is 27.3 Å². The lowest BCUT2D eigenvalue weighted by molar-refractivity contribution is -0.135. The van der Waals surface area contributed by atoms with Crippen LogP contribution < -0.4 is 20.1 Å². The second-order valence-electron chi connectivity index (χ2n) is 11.3. The molecule has 0 radical (unpaired) electrons. The van der Waals surface area contributed by atoms with Crippen molar-refractivity contribution in [2.75, 3.05) is 38.1 Å². The summed E-state index contributed by atoms with van der Waals surface area (Å²) in [4.78, 5) is 40.3. The summed E-state index contributed by atoms with van der Waals surface area (Å²) in [7, 11) is 2.84. The molecule has 11 heteroatoms. The summed E-state index contributed by atoms with van der Waals surface area (Å²) in [5.74, 6) is 0.502. The van der Waals surface area contributed by atoms with Crippen molar-refractivity contribution in [3.63, 3.8) is 0 Å². The number of rotatable bonds is 13. The largest absolute Gasteiger partial charge is 0.495 e. The fourth-order valence-corrected chi connectivity index (χ4v) is 5.82. The molecule has 10 nitrogen and oxygen atoms in total. The van der Waals surface area contributed by atoms with Gasteiger partial charge in [-0.05, 0) is 72.5 Å². The van der Waals surface area contributed by atoms with Crippen LogP contribution in [-0.4, -0.2) is 62.3 Å². The number of carbonyl (C=O) groups is 3. The Bertz CT molecular complexity index is 1700. The maximum absolute atomic E-state index is 14.0. The number of urea groups is 1. The molecule has 1 saturated heterocycles. The highest BCUT2D eigenvalue weighted by Crippen LogP contribution is 2.30. The van der Waals surface area contributed by atoms with E-state index >= 15 is 0 Å². The van der Waals surface area contributed by atoms with Gasteiger partial charge in [0, 0.05) is 0 Å². The maximum Gasteiger partial charge on any atom is 0.337 e. The van der Waals surface area contributed by atoms with Crippen LogP contribution in [0.5, 0.6) is 11.5 Å². The summed E-state index contributed by atoms with van der Waals surface area (Å²) in [6.07, 6.45) is 1.63. The average molecular weight is 672 g/mol. The van der Waals surface area contributed by atoms with E-state index in [4.69, 9.17) is 30.5 Å². The predicted octanol–water partition coefficient (Wildman–Crippen LogP) is 6.98. The van der Waals surface area contributed by atoms with Gasteiger partial charge in [-0.3, -0.25) is 4.79 Å². The molecule has 0 aliphatic carbocycles. The van der Waals surface area contributed by atoms with E-state index in [-0.39, 0.29) is 31.0 Å². The topological polar surface area (TPSA) is 115 Å². The lowest BCUT2D eigenvalue weighted by Crippen LogP contribution is -2.46. The Morgan fingerprint density at radius 3 is 2.19 bits per heavy atom. The standard InChI is InChI=1S/C37H38ClN3O7/c1-45-34-20-26(12-19-33(34)40-37(44)39-32-11-7-6-10-31(32)38)21-35(42)41-28(23-47-22-25-8-4-3-5-9-25)15-16-29(41)24-48-30-17-13-27(14-18-30)36(43)46-2/h3-14,17-20,28-29H,15-16,21-24H2,1-2H3,(H2,39,40,44). The van der Waals surface area contributed by atoms with Gasteiger partial charge in [0.1, 0.15) is 18.1 Å². The summed E-state index contributed by atoms with van der Waals surface area (Å²) >= 11 is 6.17. The van der Waals surface area contributed by atoms with Gasteiger partial charge in [-0.2, -0.15) is 0 Å². The van der Waals surface area contributed by atoms with Gasteiger partial charge in [-0.1, -0.05) is 60.1 Å². The molecule has 0 aromatic heterocycles. The van der Waals surface area contributed by atoms with Crippen molar-refractivity contribution in [2.45, 2.75) is 38.0 Å². The first-order valence-corrected chi connectivity index (χ1v) is 16.0. The molecule has 2 N–H and O–H groups in total. The fraction of sp³-hybridized carbons (Fsp3) is 0.270. The molecule has 4 aromatic rings. The summed E-state index contributed by atoms with van der Waals surface area (Å²) in [5, 5.41) is 5.92. The minimum absolute atomic E-state index is 0.0744. The number of benzene rings is 4. The van der Waals surface area contributed by atoms with Crippen molar-refractivity contribution < 1.29 is 33.3 Å². The molecule has 5 rings (SSSR count). The van der Waals surface area contributed by atoms with Crippen LogP contribution in [0.25, 0.3) is 0 Å². The third-order valence-electron chi connectivity index (χ3n) is 8.04. The van der Waals surface area contributed by atoms with Gasteiger partial charge in [0.15, 0.2) is 0 Å². The molecule has 0 saturated carbocycles. The van der Waals surface area contributed by atoms with Crippen LogP contribution in [0, 0.1) is 0 Å². The molecule has 2 unspecified atom stereocenters. The Balaban J connectivity index is 1.26. The highest BCUT2D eigenvalue weighted by molar-refractivity contribution is 6.33. The molecular formula is C37H38ClN3O7.